The van der Waals surface area contributed by atoms with Crippen molar-refractivity contribution in [1.82, 2.24) is 0 Å². The van der Waals surface area contributed by atoms with Gasteiger partial charge >= 0.3 is 5.97 Å². The second kappa shape index (κ2) is 8.52. The number of rotatable bonds is 5. The van der Waals surface area contributed by atoms with E-state index < -0.39 is 5.92 Å². The summed E-state index contributed by atoms with van der Waals surface area (Å²) in [5, 5.41) is 4.96. The van der Waals surface area contributed by atoms with Gasteiger partial charge in [-0.3, -0.25) is 4.79 Å². The molecule has 0 saturated heterocycles. The van der Waals surface area contributed by atoms with Crippen molar-refractivity contribution in [3.05, 3.63) is 77.5 Å². The van der Waals surface area contributed by atoms with E-state index in [1.165, 1.54) is 12.7 Å². The fourth-order valence-electron chi connectivity index (χ4n) is 6.16. The smallest absolute Gasteiger partial charge is 0.317 e. The molecule has 2 aliphatic heterocycles. The molecule has 4 aromatic carbocycles. The monoisotopic (exact) mass is 508 g/mol. The van der Waals surface area contributed by atoms with E-state index in [0.29, 0.717) is 23.0 Å². The van der Waals surface area contributed by atoms with E-state index in [-0.39, 0.29) is 12.8 Å². The lowest BCUT2D eigenvalue weighted by Crippen LogP contribution is -2.38. The number of ether oxygens (including phenoxy) is 5. The molecular formula is C31H26NO6+. The number of hydrogen-bond acceptors (Lipinski definition) is 6. The molecular weight excluding hydrogens is 482 g/mol. The highest BCUT2D eigenvalue weighted by atomic mass is 16.7. The van der Waals surface area contributed by atoms with Gasteiger partial charge in [0.05, 0.1) is 37.5 Å². The van der Waals surface area contributed by atoms with Crippen LogP contribution >= 0.6 is 0 Å². The molecule has 5 aromatic rings. The second-order valence-corrected chi connectivity index (χ2v) is 9.58. The van der Waals surface area contributed by atoms with E-state index in [0.717, 1.165) is 56.5 Å². The molecule has 7 nitrogen and oxygen atoms in total. The van der Waals surface area contributed by atoms with Crippen LogP contribution in [-0.4, -0.2) is 34.1 Å². The van der Waals surface area contributed by atoms with Gasteiger partial charge < -0.3 is 23.7 Å². The summed E-state index contributed by atoms with van der Waals surface area (Å²) in [5.74, 6) is 1.75. The molecule has 1 unspecified atom stereocenters. The maximum absolute atomic E-state index is 13.5. The molecule has 1 aromatic heterocycles. The van der Waals surface area contributed by atoms with E-state index in [1.807, 2.05) is 36.4 Å². The number of nitrogens with zero attached hydrogens (tertiary/aromatic N) is 1. The number of methoxy groups -OCH3 is 3. The molecule has 0 spiro atoms. The summed E-state index contributed by atoms with van der Waals surface area (Å²) in [6.45, 7) is 0.946. The first kappa shape index (κ1) is 22.7. The number of esters is 1. The molecule has 190 valence electrons. The molecule has 7 rings (SSSR count). The summed E-state index contributed by atoms with van der Waals surface area (Å²) < 4.78 is 31.0. The fraction of sp³-hybridized carbons (Fsp3) is 0.226. The van der Waals surface area contributed by atoms with Gasteiger partial charge in [0.15, 0.2) is 35.7 Å². The molecule has 0 fully saturated rings. The number of carbonyl (C=O) groups is 1. The van der Waals surface area contributed by atoms with Crippen LogP contribution in [0.15, 0.2) is 60.8 Å². The molecule has 0 saturated carbocycles. The summed E-state index contributed by atoms with van der Waals surface area (Å²) in [4.78, 5) is 13.5. The van der Waals surface area contributed by atoms with Crippen molar-refractivity contribution < 1.29 is 33.0 Å². The number of carbonyl (C=O) groups excluding carboxylic acids is 1. The number of aromatic nitrogens is 1. The first-order valence-electron chi connectivity index (χ1n) is 12.6. The first-order valence-corrected chi connectivity index (χ1v) is 12.6. The van der Waals surface area contributed by atoms with Crippen LogP contribution in [0.4, 0.5) is 0 Å². The molecule has 2 aliphatic rings. The van der Waals surface area contributed by atoms with Crippen LogP contribution in [-0.2, 0) is 22.5 Å². The Kier molecular flexibility index (Phi) is 5.08. The molecule has 7 heteroatoms. The standard InChI is InChI=1S/C31H26NO6/c1-34-23-10-9-19-20-14-21(25(31(33)36-3)17-7-5-4-6-8-17)27-26-18(13-24-30(27)38-16-37-24)11-12-32(28(20)26)15-22(19)29(23)35-2/h4-10,13-15,25H,11-12,16H2,1-3H3/q+1. The average Bonchev–Trinajstić information content (AvgIpc) is 3.43. The van der Waals surface area contributed by atoms with E-state index in [9.17, 15) is 4.79 Å². The quantitative estimate of drug-likeness (QED) is 0.188. The maximum atomic E-state index is 13.5. The van der Waals surface area contributed by atoms with Crippen LogP contribution in [0.2, 0.25) is 0 Å². The van der Waals surface area contributed by atoms with Crippen molar-refractivity contribution in [3.8, 4) is 23.0 Å². The van der Waals surface area contributed by atoms with Crippen LogP contribution in [0.5, 0.6) is 23.0 Å². The summed E-state index contributed by atoms with van der Waals surface area (Å²) in [5.41, 5.74) is 3.94. The predicted octanol–water partition coefficient (Wildman–Crippen LogP) is 5.04. The van der Waals surface area contributed by atoms with Crippen LogP contribution in [0.25, 0.3) is 32.4 Å². The largest absolute Gasteiger partial charge is 0.493 e. The average molecular weight is 509 g/mol. The van der Waals surface area contributed by atoms with Gasteiger partial charge in [0.2, 0.25) is 12.3 Å². The second-order valence-electron chi connectivity index (χ2n) is 9.58. The van der Waals surface area contributed by atoms with E-state index in [1.54, 1.807) is 14.2 Å². The predicted molar refractivity (Wildman–Crippen MR) is 142 cm³/mol. The van der Waals surface area contributed by atoms with Gasteiger partial charge in [0, 0.05) is 17.2 Å². The summed E-state index contributed by atoms with van der Waals surface area (Å²) in [6, 6.07) is 17.9. The maximum Gasteiger partial charge on any atom is 0.317 e. The Bertz CT molecular complexity index is 1780. The lowest BCUT2D eigenvalue weighted by molar-refractivity contribution is -0.670. The summed E-state index contributed by atoms with van der Waals surface area (Å²) >= 11 is 0. The lowest BCUT2D eigenvalue weighted by Gasteiger charge is -2.23. The van der Waals surface area contributed by atoms with E-state index in [4.69, 9.17) is 23.7 Å². The highest BCUT2D eigenvalue weighted by Gasteiger charge is 2.35. The van der Waals surface area contributed by atoms with E-state index in [2.05, 4.69) is 29.0 Å². The van der Waals surface area contributed by atoms with Gasteiger partial charge in [0.1, 0.15) is 5.92 Å². The minimum absolute atomic E-state index is 0.147. The van der Waals surface area contributed by atoms with Gasteiger partial charge in [-0.05, 0) is 41.0 Å². The summed E-state index contributed by atoms with van der Waals surface area (Å²) in [6.07, 6.45) is 2.95. The normalized spacial score (nSPS) is 14.3. The molecule has 0 amide bonds. The lowest BCUT2D eigenvalue weighted by atomic mass is 9.83. The number of pyridine rings is 1. The number of hydrogen-bond donors (Lipinski definition) is 0. The van der Waals surface area contributed by atoms with Gasteiger partial charge in [-0.15, -0.1) is 0 Å². The van der Waals surface area contributed by atoms with Gasteiger partial charge in [-0.1, -0.05) is 30.3 Å². The number of aryl methyl sites for hydroxylation is 2. The Labute approximate surface area is 219 Å². The van der Waals surface area contributed by atoms with Gasteiger partial charge in [-0.25, -0.2) is 0 Å². The Morgan fingerprint density at radius 2 is 1.76 bits per heavy atom. The van der Waals surface area contributed by atoms with Crippen molar-refractivity contribution in [3.63, 3.8) is 0 Å². The summed E-state index contributed by atoms with van der Waals surface area (Å²) in [7, 11) is 4.73. The Hall–Kier alpha value is -4.52. The molecule has 0 bridgehead atoms. The number of benzene rings is 4. The van der Waals surface area contributed by atoms with Gasteiger partial charge in [0.25, 0.3) is 0 Å². The minimum Gasteiger partial charge on any atom is -0.493 e. The Morgan fingerprint density at radius 1 is 0.921 bits per heavy atom. The van der Waals surface area contributed by atoms with Gasteiger partial charge in [-0.2, -0.15) is 4.57 Å². The highest BCUT2D eigenvalue weighted by molar-refractivity contribution is 6.19. The van der Waals surface area contributed by atoms with Crippen LogP contribution < -0.4 is 23.5 Å². The van der Waals surface area contributed by atoms with Crippen LogP contribution in [0.3, 0.4) is 0 Å². The molecule has 0 radical (unpaired) electrons. The van der Waals surface area contributed by atoms with Crippen LogP contribution in [0.1, 0.15) is 22.6 Å². The first-order chi connectivity index (χ1) is 18.6. The van der Waals surface area contributed by atoms with Crippen molar-refractivity contribution in [2.75, 3.05) is 28.1 Å². The Morgan fingerprint density at radius 3 is 2.53 bits per heavy atom. The molecule has 0 aliphatic carbocycles. The zero-order valence-electron chi connectivity index (χ0n) is 21.4. The third kappa shape index (κ3) is 3.08. The zero-order chi connectivity index (χ0) is 26.0. The van der Waals surface area contributed by atoms with Crippen molar-refractivity contribution >= 4 is 38.4 Å². The van der Waals surface area contributed by atoms with Crippen LogP contribution in [0, 0.1) is 0 Å². The zero-order valence-corrected chi connectivity index (χ0v) is 21.4. The topological polar surface area (TPSA) is 67.1 Å². The SMILES string of the molecule is COC(=O)C(c1ccccc1)c1cc2c3ccc(OC)c(OC)c3c[n+]3c2c2c(cc4c(c12)OCO4)CC3. The third-order valence-corrected chi connectivity index (χ3v) is 7.77. The van der Waals surface area contributed by atoms with Crippen molar-refractivity contribution in [2.45, 2.75) is 18.9 Å². The Balaban J connectivity index is 1.70. The van der Waals surface area contributed by atoms with E-state index >= 15 is 0 Å². The minimum atomic E-state index is -0.653. The third-order valence-electron chi connectivity index (χ3n) is 7.77. The molecule has 3 heterocycles. The fourth-order valence-corrected chi connectivity index (χ4v) is 6.16. The van der Waals surface area contributed by atoms with Crippen molar-refractivity contribution in [2.24, 2.45) is 0 Å². The molecule has 1 atom stereocenters. The molecule has 0 N–H and O–H groups in total. The molecule has 38 heavy (non-hydrogen) atoms. The number of fused-ring (bicyclic) bond motifs is 4. The highest BCUT2D eigenvalue weighted by Crippen LogP contribution is 2.50. The van der Waals surface area contributed by atoms with Crippen molar-refractivity contribution in [1.29, 1.82) is 0 Å².